The molecule has 0 radical (unpaired) electrons. The molecule has 3 aliphatic rings. The van der Waals surface area contributed by atoms with Gasteiger partial charge in [0.1, 0.15) is 5.78 Å². The van der Waals surface area contributed by atoms with Gasteiger partial charge in [-0.25, -0.2) is 0 Å². The number of rotatable bonds is 4. The quantitative estimate of drug-likeness (QED) is 0.744. The molecule has 0 aromatic heterocycles. The highest BCUT2D eigenvalue weighted by molar-refractivity contribution is 7.99. The molecule has 3 fully saturated rings. The maximum atomic E-state index is 12.4. The van der Waals surface area contributed by atoms with Gasteiger partial charge in [-0.3, -0.25) is 8.98 Å². The Hall–Kier alpha value is -0.0700. The minimum Gasteiger partial charge on any atom is -0.299 e. The third kappa shape index (κ3) is 2.15. The lowest BCUT2D eigenvalue weighted by atomic mass is 9.70. The van der Waals surface area contributed by atoms with Gasteiger partial charge in [0.25, 0.3) is 10.1 Å². The topological polar surface area (TPSA) is 60.4 Å². The molecule has 3 rings (SSSR count). The molecule has 2 aliphatic carbocycles. The van der Waals surface area contributed by atoms with Crippen LogP contribution in [0.4, 0.5) is 0 Å². The Morgan fingerprint density at radius 3 is 2.60 bits per heavy atom. The van der Waals surface area contributed by atoms with Crippen molar-refractivity contribution in [2.24, 2.45) is 16.7 Å². The fourth-order valence-corrected chi connectivity index (χ4v) is 7.35. The molecule has 114 valence electrons. The van der Waals surface area contributed by atoms with Gasteiger partial charge in [-0.15, -0.1) is 0 Å². The van der Waals surface area contributed by atoms with Crippen molar-refractivity contribution < 1.29 is 17.4 Å². The van der Waals surface area contributed by atoms with Crippen molar-refractivity contribution in [2.75, 3.05) is 17.3 Å². The van der Waals surface area contributed by atoms with Gasteiger partial charge in [0, 0.05) is 12.2 Å². The first-order valence-electron chi connectivity index (χ1n) is 7.29. The molecule has 1 heterocycles. The fourth-order valence-electron chi connectivity index (χ4n) is 4.24. The zero-order chi connectivity index (χ0) is 14.6. The SMILES string of the molecule is CC1(C)[C@@H]2CC[C@@]1(CS(=O)(=O)O[C@@H]1CCSC1)C(=O)C2. The monoisotopic (exact) mass is 318 g/mol. The van der Waals surface area contributed by atoms with Crippen molar-refractivity contribution >= 4 is 27.7 Å². The van der Waals surface area contributed by atoms with E-state index >= 15 is 0 Å². The van der Waals surface area contributed by atoms with Crippen LogP contribution in [0.3, 0.4) is 0 Å². The molecule has 6 heteroatoms. The highest BCUT2D eigenvalue weighted by Crippen LogP contribution is 2.64. The zero-order valence-corrected chi connectivity index (χ0v) is 13.7. The first kappa shape index (κ1) is 14.9. The van der Waals surface area contributed by atoms with Gasteiger partial charge in [-0.05, 0) is 36.3 Å². The van der Waals surface area contributed by atoms with Crippen LogP contribution in [0.15, 0.2) is 0 Å². The van der Waals surface area contributed by atoms with Gasteiger partial charge >= 0.3 is 0 Å². The van der Waals surface area contributed by atoms with E-state index in [1.165, 1.54) is 0 Å². The second-order valence-corrected chi connectivity index (χ2v) is 9.70. The van der Waals surface area contributed by atoms with Crippen LogP contribution in [-0.2, 0) is 19.1 Å². The van der Waals surface area contributed by atoms with Gasteiger partial charge < -0.3 is 0 Å². The molecule has 2 saturated carbocycles. The van der Waals surface area contributed by atoms with Gasteiger partial charge in [0.05, 0.1) is 17.3 Å². The average Bonchev–Trinajstić information content (AvgIpc) is 2.94. The summed E-state index contributed by atoms with van der Waals surface area (Å²) in [5.74, 6) is 2.05. The molecule has 4 nitrogen and oxygen atoms in total. The Labute approximate surface area is 125 Å². The van der Waals surface area contributed by atoms with E-state index in [0.29, 0.717) is 18.8 Å². The van der Waals surface area contributed by atoms with Crippen LogP contribution in [0.2, 0.25) is 0 Å². The maximum Gasteiger partial charge on any atom is 0.268 e. The minimum atomic E-state index is -3.63. The van der Waals surface area contributed by atoms with Crippen LogP contribution >= 0.6 is 11.8 Å². The average molecular weight is 318 g/mol. The molecule has 2 bridgehead atoms. The van der Waals surface area contributed by atoms with Gasteiger partial charge in [0.2, 0.25) is 0 Å². The summed E-state index contributed by atoms with van der Waals surface area (Å²) in [7, 11) is -3.63. The van der Waals surface area contributed by atoms with Crippen molar-refractivity contribution in [3.05, 3.63) is 0 Å². The van der Waals surface area contributed by atoms with Crippen LogP contribution in [-0.4, -0.2) is 37.6 Å². The van der Waals surface area contributed by atoms with Gasteiger partial charge in [0.15, 0.2) is 0 Å². The minimum absolute atomic E-state index is 0.122. The largest absolute Gasteiger partial charge is 0.299 e. The van der Waals surface area contributed by atoms with Crippen molar-refractivity contribution in [1.29, 1.82) is 0 Å². The normalized spacial score (nSPS) is 39.6. The summed E-state index contributed by atoms with van der Waals surface area (Å²) in [6.45, 7) is 4.10. The van der Waals surface area contributed by atoms with Crippen molar-refractivity contribution in [3.63, 3.8) is 0 Å². The molecule has 1 aliphatic heterocycles. The molecule has 20 heavy (non-hydrogen) atoms. The van der Waals surface area contributed by atoms with E-state index in [1.54, 1.807) is 11.8 Å². The molecular weight excluding hydrogens is 296 g/mol. The summed E-state index contributed by atoms with van der Waals surface area (Å²) < 4.78 is 30.1. The van der Waals surface area contributed by atoms with Crippen LogP contribution in [0.1, 0.15) is 39.5 Å². The highest BCUT2D eigenvalue weighted by Gasteiger charge is 2.65. The molecule has 0 N–H and O–H groups in total. The second-order valence-electron chi connectivity index (χ2n) is 6.95. The summed E-state index contributed by atoms with van der Waals surface area (Å²) in [6, 6.07) is 0. The van der Waals surface area contributed by atoms with E-state index in [9.17, 15) is 13.2 Å². The zero-order valence-electron chi connectivity index (χ0n) is 12.1. The number of hydrogen-bond acceptors (Lipinski definition) is 5. The lowest BCUT2D eigenvalue weighted by Crippen LogP contribution is -2.43. The van der Waals surface area contributed by atoms with Crippen LogP contribution in [0, 0.1) is 16.7 Å². The Morgan fingerprint density at radius 1 is 1.35 bits per heavy atom. The highest BCUT2D eigenvalue weighted by atomic mass is 32.2. The number of carbonyl (C=O) groups is 1. The van der Waals surface area contributed by atoms with E-state index in [0.717, 1.165) is 24.3 Å². The predicted octanol–water partition coefficient (Wildman–Crippen LogP) is 2.23. The fraction of sp³-hybridized carbons (Fsp3) is 0.929. The summed E-state index contributed by atoms with van der Waals surface area (Å²) in [5.41, 5.74) is -0.923. The Kier molecular flexibility index (Phi) is 3.50. The number of ketones is 1. The number of Topliss-reactive ketones (excluding diaryl/α,β-unsaturated/α-hetero) is 1. The molecule has 0 spiro atoms. The Bertz CT molecular complexity index is 519. The lowest BCUT2D eigenvalue weighted by molar-refractivity contribution is -0.128. The number of fused-ring (bicyclic) bond motifs is 2. The number of hydrogen-bond donors (Lipinski definition) is 0. The van der Waals surface area contributed by atoms with E-state index in [2.05, 4.69) is 13.8 Å². The molecule has 0 aromatic rings. The van der Waals surface area contributed by atoms with Crippen LogP contribution in [0.25, 0.3) is 0 Å². The molecule has 0 amide bonds. The van der Waals surface area contributed by atoms with Crippen molar-refractivity contribution in [2.45, 2.75) is 45.6 Å². The summed E-state index contributed by atoms with van der Waals surface area (Å²) in [6.07, 6.45) is 2.80. The summed E-state index contributed by atoms with van der Waals surface area (Å²) in [4.78, 5) is 12.4. The Morgan fingerprint density at radius 2 is 2.10 bits per heavy atom. The lowest BCUT2D eigenvalue weighted by Gasteiger charge is -2.36. The van der Waals surface area contributed by atoms with E-state index < -0.39 is 15.5 Å². The standard InChI is InChI=1S/C14H22O4S2/c1-13(2)10-3-5-14(13,12(15)7-10)9-20(16,17)18-11-4-6-19-8-11/h10-11H,3-9H2,1-2H3/t10-,11-,14-/m1/s1. The first-order chi connectivity index (χ1) is 9.27. The van der Waals surface area contributed by atoms with Crippen LogP contribution < -0.4 is 0 Å². The number of carbonyl (C=O) groups excluding carboxylic acids is 1. The number of thioether (sulfide) groups is 1. The van der Waals surface area contributed by atoms with E-state index in [-0.39, 0.29) is 23.1 Å². The third-order valence-corrected chi connectivity index (χ3v) is 8.28. The summed E-state index contributed by atoms with van der Waals surface area (Å²) in [5, 5.41) is 0. The smallest absolute Gasteiger partial charge is 0.268 e. The van der Waals surface area contributed by atoms with Gasteiger partial charge in [-0.2, -0.15) is 20.2 Å². The maximum absolute atomic E-state index is 12.4. The molecular formula is C14H22O4S2. The Balaban J connectivity index is 1.80. The molecule has 1 saturated heterocycles. The van der Waals surface area contributed by atoms with Gasteiger partial charge in [-0.1, -0.05) is 13.8 Å². The third-order valence-electron chi connectivity index (χ3n) is 5.73. The molecule has 3 atom stereocenters. The first-order valence-corrected chi connectivity index (χ1v) is 10.0. The van der Waals surface area contributed by atoms with E-state index in [1.807, 2.05) is 0 Å². The van der Waals surface area contributed by atoms with Crippen LogP contribution in [0.5, 0.6) is 0 Å². The molecule has 0 unspecified atom stereocenters. The van der Waals surface area contributed by atoms with Crippen molar-refractivity contribution in [3.8, 4) is 0 Å². The predicted molar refractivity (Wildman–Crippen MR) is 79.2 cm³/mol. The van der Waals surface area contributed by atoms with Crippen molar-refractivity contribution in [1.82, 2.24) is 0 Å². The summed E-state index contributed by atoms with van der Waals surface area (Å²) >= 11 is 1.72. The van der Waals surface area contributed by atoms with E-state index in [4.69, 9.17) is 4.18 Å². The molecule has 0 aromatic carbocycles. The second kappa shape index (κ2) is 4.71.